The lowest BCUT2D eigenvalue weighted by molar-refractivity contribution is 0.0565. The second kappa shape index (κ2) is 8.86. The number of piperidine rings is 1. The Labute approximate surface area is 105 Å². The van der Waals surface area contributed by atoms with Gasteiger partial charge in [0.1, 0.15) is 0 Å². The number of methoxy groups -OCH3 is 1. The Kier molecular flexibility index (Phi) is 7.77. The number of likely N-dealkylation sites (tertiary alicyclic amines) is 1. The fourth-order valence-electron chi connectivity index (χ4n) is 2.38. The summed E-state index contributed by atoms with van der Waals surface area (Å²) in [6.45, 7) is 7.67. The average molecular weight is 244 g/mol. The van der Waals surface area contributed by atoms with Crippen LogP contribution in [-0.2, 0) is 9.47 Å². The van der Waals surface area contributed by atoms with Crippen molar-refractivity contribution in [3.63, 3.8) is 0 Å². The highest BCUT2D eigenvalue weighted by atomic mass is 16.5. The first-order valence-corrected chi connectivity index (χ1v) is 6.78. The van der Waals surface area contributed by atoms with Crippen molar-refractivity contribution in [2.45, 2.75) is 32.2 Å². The molecule has 1 rings (SSSR count). The minimum absolute atomic E-state index is 0.690. The zero-order chi connectivity index (χ0) is 12.5. The molecule has 0 spiro atoms. The minimum Gasteiger partial charge on any atom is -0.382 e. The average Bonchev–Trinajstić information content (AvgIpc) is 2.35. The summed E-state index contributed by atoms with van der Waals surface area (Å²) < 4.78 is 10.4. The lowest BCUT2D eigenvalue weighted by Gasteiger charge is -2.37. The van der Waals surface area contributed by atoms with E-state index in [1.807, 2.05) is 0 Å². The summed E-state index contributed by atoms with van der Waals surface area (Å²) in [7, 11) is 1.70. The zero-order valence-corrected chi connectivity index (χ0v) is 11.4. The Hall–Kier alpha value is -0.160. The fourth-order valence-corrected chi connectivity index (χ4v) is 2.38. The molecular formula is C13H28N2O2. The fraction of sp³-hybridized carbons (Fsp3) is 1.00. The van der Waals surface area contributed by atoms with Crippen molar-refractivity contribution in [1.29, 1.82) is 0 Å². The Morgan fingerprint density at radius 2 is 2.06 bits per heavy atom. The van der Waals surface area contributed by atoms with Crippen molar-refractivity contribution in [3.8, 4) is 0 Å². The quantitative estimate of drug-likeness (QED) is 0.650. The summed E-state index contributed by atoms with van der Waals surface area (Å²) in [5.41, 5.74) is 5.76. The smallest absolute Gasteiger partial charge is 0.0700 e. The van der Waals surface area contributed by atoms with Gasteiger partial charge >= 0.3 is 0 Å². The van der Waals surface area contributed by atoms with Gasteiger partial charge in [0.15, 0.2) is 0 Å². The number of rotatable bonds is 8. The molecule has 0 saturated carbocycles. The van der Waals surface area contributed by atoms with E-state index in [0.717, 1.165) is 32.7 Å². The summed E-state index contributed by atoms with van der Waals surface area (Å²) in [5.74, 6) is 0.695. The first-order valence-electron chi connectivity index (χ1n) is 6.78. The van der Waals surface area contributed by atoms with E-state index in [-0.39, 0.29) is 0 Å². The van der Waals surface area contributed by atoms with Crippen molar-refractivity contribution < 1.29 is 9.47 Å². The Bertz CT molecular complexity index is 190. The standard InChI is InChI=1S/C13H28N2O2/c1-12-4-5-13(10-14)11-15(12)6-3-7-17-9-8-16-2/h12-13H,3-11,14H2,1-2H3. The Morgan fingerprint density at radius 1 is 1.24 bits per heavy atom. The lowest BCUT2D eigenvalue weighted by Crippen LogP contribution is -2.44. The third-order valence-electron chi connectivity index (χ3n) is 3.61. The van der Waals surface area contributed by atoms with E-state index in [4.69, 9.17) is 15.2 Å². The summed E-state index contributed by atoms with van der Waals surface area (Å²) in [5, 5.41) is 0. The van der Waals surface area contributed by atoms with Crippen LogP contribution in [0.2, 0.25) is 0 Å². The number of nitrogens with zero attached hydrogens (tertiary/aromatic N) is 1. The molecular weight excluding hydrogens is 216 g/mol. The molecule has 0 aromatic heterocycles. The van der Waals surface area contributed by atoms with Gasteiger partial charge in [-0.15, -0.1) is 0 Å². The third-order valence-corrected chi connectivity index (χ3v) is 3.61. The van der Waals surface area contributed by atoms with Crippen LogP contribution in [0.5, 0.6) is 0 Å². The van der Waals surface area contributed by atoms with Crippen LogP contribution in [0.1, 0.15) is 26.2 Å². The maximum atomic E-state index is 5.76. The second-order valence-electron chi connectivity index (χ2n) is 4.98. The van der Waals surface area contributed by atoms with Gasteiger partial charge in [-0.2, -0.15) is 0 Å². The van der Waals surface area contributed by atoms with Gasteiger partial charge in [-0.25, -0.2) is 0 Å². The van der Waals surface area contributed by atoms with Gasteiger partial charge in [-0.3, -0.25) is 0 Å². The van der Waals surface area contributed by atoms with E-state index in [0.29, 0.717) is 25.2 Å². The molecule has 4 nitrogen and oxygen atoms in total. The van der Waals surface area contributed by atoms with E-state index >= 15 is 0 Å². The molecule has 0 aromatic carbocycles. The van der Waals surface area contributed by atoms with E-state index in [1.54, 1.807) is 7.11 Å². The molecule has 102 valence electrons. The van der Waals surface area contributed by atoms with E-state index in [2.05, 4.69) is 11.8 Å². The van der Waals surface area contributed by atoms with Crippen molar-refractivity contribution in [2.24, 2.45) is 11.7 Å². The Balaban J connectivity index is 2.07. The molecule has 0 radical (unpaired) electrons. The van der Waals surface area contributed by atoms with Crippen LogP contribution >= 0.6 is 0 Å². The molecule has 1 fully saturated rings. The zero-order valence-electron chi connectivity index (χ0n) is 11.4. The monoisotopic (exact) mass is 244 g/mol. The van der Waals surface area contributed by atoms with E-state index in [9.17, 15) is 0 Å². The summed E-state index contributed by atoms with van der Waals surface area (Å²) in [6, 6.07) is 0.705. The minimum atomic E-state index is 0.690. The maximum Gasteiger partial charge on any atom is 0.0700 e. The predicted octanol–water partition coefficient (Wildman–Crippen LogP) is 1.10. The molecule has 2 unspecified atom stereocenters. The number of nitrogens with two attached hydrogens (primary N) is 1. The molecule has 1 aliphatic heterocycles. The van der Waals surface area contributed by atoms with Crippen molar-refractivity contribution in [1.82, 2.24) is 4.90 Å². The molecule has 1 heterocycles. The molecule has 1 saturated heterocycles. The molecule has 0 aromatic rings. The summed E-state index contributed by atoms with van der Waals surface area (Å²) in [4.78, 5) is 2.56. The lowest BCUT2D eigenvalue weighted by atomic mass is 9.93. The van der Waals surface area contributed by atoms with Crippen LogP contribution in [-0.4, -0.2) is 57.5 Å². The molecule has 2 atom stereocenters. The highest BCUT2D eigenvalue weighted by Crippen LogP contribution is 2.20. The number of hydrogen-bond donors (Lipinski definition) is 1. The summed E-state index contributed by atoms with van der Waals surface area (Å²) >= 11 is 0. The number of ether oxygens (including phenoxy) is 2. The normalized spacial score (nSPS) is 26.3. The van der Waals surface area contributed by atoms with Crippen LogP contribution in [0.25, 0.3) is 0 Å². The van der Waals surface area contributed by atoms with Gasteiger partial charge in [0, 0.05) is 32.8 Å². The first-order chi connectivity index (χ1) is 8.27. The van der Waals surface area contributed by atoms with Crippen LogP contribution < -0.4 is 5.73 Å². The van der Waals surface area contributed by atoms with Gasteiger partial charge in [0.2, 0.25) is 0 Å². The summed E-state index contributed by atoms with van der Waals surface area (Å²) in [6.07, 6.45) is 3.68. The van der Waals surface area contributed by atoms with Gasteiger partial charge in [0.25, 0.3) is 0 Å². The SMILES string of the molecule is COCCOCCCN1CC(CN)CCC1C. The van der Waals surface area contributed by atoms with Crippen molar-refractivity contribution in [2.75, 3.05) is 46.6 Å². The van der Waals surface area contributed by atoms with Gasteiger partial charge < -0.3 is 20.1 Å². The van der Waals surface area contributed by atoms with Crippen LogP contribution in [0.15, 0.2) is 0 Å². The van der Waals surface area contributed by atoms with Gasteiger partial charge in [-0.1, -0.05) is 0 Å². The largest absolute Gasteiger partial charge is 0.382 e. The van der Waals surface area contributed by atoms with Crippen molar-refractivity contribution in [3.05, 3.63) is 0 Å². The second-order valence-corrected chi connectivity index (χ2v) is 4.98. The molecule has 0 amide bonds. The van der Waals surface area contributed by atoms with Gasteiger partial charge in [-0.05, 0) is 38.6 Å². The van der Waals surface area contributed by atoms with Gasteiger partial charge in [0.05, 0.1) is 13.2 Å². The maximum absolute atomic E-state index is 5.76. The van der Waals surface area contributed by atoms with E-state index in [1.165, 1.54) is 12.8 Å². The van der Waals surface area contributed by atoms with Crippen LogP contribution in [0.4, 0.5) is 0 Å². The molecule has 4 heteroatoms. The molecule has 1 aliphatic rings. The first kappa shape index (κ1) is 14.9. The van der Waals surface area contributed by atoms with E-state index < -0.39 is 0 Å². The predicted molar refractivity (Wildman–Crippen MR) is 70.1 cm³/mol. The highest BCUT2D eigenvalue weighted by molar-refractivity contribution is 4.79. The Morgan fingerprint density at radius 3 is 2.76 bits per heavy atom. The molecule has 2 N–H and O–H groups in total. The van der Waals surface area contributed by atoms with Crippen LogP contribution in [0, 0.1) is 5.92 Å². The topological polar surface area (TPSA) is 47.7 Å². The van der Waals surface area contributed by atoms with Crippen LogP contribution in [0.3, 0.4) is 0 Å². The molecule has 0 aliphatic carbocycles. The third kappa shape index (κ3) is 5.82. The molecule has 17 heavy (non-hydrogen) atoms. The molecule has 0 bridgehead atoms. The highest BCUT2D eigenvalue weighted by Gasteiger charge is 2.23. The number of hydrogen-bond acceptors (Lipinski definition) is 4. The van der Waals surface area contributed by atoms with Crippen molar-refractivity contribution >= 4 is 0 Å².